The number of aryl methyl sites for hydroxylation is 1. The summed E-state index contributed by atoms with van der Waals surface area (Å²) in [5.41, 5.74) is 0.872. The molecule has 0 spiro atoms. The SMILES string of the molecule is CC(Nc1nc2ccc([N+](=O)[O-])cc2o1)c1nncn1C. The lowest BCUT2D eigenvalue weighted by atomic mass is 10.3. The van der Waals surface area contributed by atoms with Gasteiger partial charge in [0, 0.05) is 13.1 Å². The standard InChI is InChI=1S/C12H12N6O3/c1-7(11-16-13-6-17(11)2)14-12-15-9-4-3-8(18(19)20)5-10(9)21-12/h3-7H,1-2H3,(H,14,15). The van der Waals surface area contributed by atoms with Gasteiger partial charge in [-0.1, -0.05) is 0 Å². The summed E-state index contributed by atoms with van der Waals surface area (Å²) >= 11 is 0. The van der Waals surface area contributed by atoms with Gasteiger partial charge in [-0.05, 0) is 13.0 Å². The van der Waals surface area contributed by atoms with Crippen molar-refractivity contribution in [2.45, 2.75) is 13.0 Å². The molecule has 1 aromatic carbocycles. The van der Waals surface area contributed by atoms with Crippen LogP contribution in [0.15, 0.2) is 28.9 Å². The van der Waals surface area contributed by atoms with E-state index in [9.17, 15) is 10.1 Å². The van der Waals surface area contributed by atoms with Crippen LogP contribution in [-0.4, -0.2) is 24.7 Å². The Labute approximate surface area is 118 Å². The first-order chi connectivity index (χ1) is 10.0. The van der Waals surface area contributed by atoms with Crippen LogP contribution >= 0.6 is 0 Å². The minimum Gasteiger partial charge on any atom is -0.423 e. The van der Waals surface area contributed by atoms with Crippen LogP contribution in [-0.2, 0) is 7.05 Å². The molecule has 0 amide bonds. The Morgan fingerprint density at radius 2 is 2.29 bits per heavy atom. The number of aromatic nitrogens is 4. The highest BCUT2D eigenvalue weighted by atomic mass is 16.6. The van der Waals surface area contributed by atoms with Gasteiger partial charge in [0.15, 0.2) is 11.4 Å². The molecule has 0 aliphatic carbocycles. The lowest BCUT2D eigenvalue weighted by molar-refractivity contribution is -0.384. The summed E-state index contributed by atoms with van der Waals surface area (Å²) in [5.74, 6) is 0.725. The van der Waals surface area contributed by atoms with Crippen LogP contribution in [0.1, 0.15) is 18.8 Å². The maximum atomic E-state index is 10.7. The summed E-state index contributed by atoms with van der Waals surface area (Å²) < 4.78 is 7.27. The van der Waals surface area contributed by atoms with Crippen molar-refractivity contribution in [3.63, 3.8) is 0 Å². The van der Waals surface area contributed by atoms with E-state index in [4.69, 9.17) is 4.42 Å². The number of fused-ring (bicyclic) bond motifs is 1. The number of oxazole rings is 1. The minimum atomic E-state index is -0.475. The van der Waals surface area contributed by atoms with E-state index < -0.39 is 4.92 Å². The summed E-state index contributed by atoms with van der Waals surface area (Å²) in [4.78, 5) is 14.5. The summed E-state index contributed by atoms with van der Waals surface area (Å²) in [6.45, 7) is 1.89. The van der Waals surface area contributed by atoms with Crippen molar-refractivity contribution in [1.82, 2.24) is 19.7 Å². The van der Waals surface area contributed by atoms with Gasteiger partial charge < -0.3 is 14.3 Å². The van der Waals surface area contributed by atoms with Crippen molar-refractivity contribution in [3.8, 4) is 0 Å². The van der Waals surface area contributed by atoms with E-state index in [2.05, 4.69) is 20.5 Å². The predicted octanol–water partition coefficient (Wildman–Crippen LogP) is 2.04. The van der Waals surface area contributed by atoms with Crippen LogP contribution in [0.3, 0.4) is 0 Å². The van der Waals surface area contributed by atoms with Gasteiger partial charge in [-0.25, -0.2) is 0 Å². The average molecular weight is 288 g/mol. The summed E-state index contributed by atoms with van der Waals surface area (Å²) in [5, 5.41) is 21.6. The van der Waals surface area contributed by atoms with E-state index >= 15 is 0 Å². The topological polar surface area (TPSA) is 112 Å². The number of nitro benzene ring substituents is 1. The van der Waals surface area contributed by atoms with Gasteiger partial charge in [-0.15, -0.1) is 10.2 Å². The molecular formula is C12H12N6O3. The lowest BCUT2D eigenvalue weighted by Crippen LogP contribution is -2.11. The van der Waals surface area contributed by atoms with E-state index in [1.54, 1.807) is 17.0 Å². The molecule has 2 heterocycles. The van der Waals surface area contributed by atoms with Crippen molar-refractivity contribution in [2.24, 2.45) is 7.05 Å². The molecule has 0 saturated heterocycles. The summed E-state index contributed by atoms with van der Waals surface area (Å²) in [6, 6.07) is 4.40. The van der Waals surface area contributed by atoms with Crippen LogP contribution < -0.4 is 5.32 Å². The zero-order chi connectivity index (χ0) is 15.0. The molecule has 108 valence electrons. The number of rotatable bonds is 4. The van der Waals surface area contributed by atoms with Crippen molar-refractivity contribution in [3.05, 3.63) is 40.5 Å². The van der Waals surface area contributed by atoms with Gasteiger partial charge in [0.1, 0.15) is 11.8 Å². The number of nitro groups is 1. The first-order valence-electron chi connectivity index (χ1n) is 6.20. The van der Waals surface area contributed by atoms with E-state index in [0.29, 0.717) is 11.1 Å². The first-order valence-corrected chi connectivity index (χ1v) is 6.20. The number of anilines is 1. The van der Waals surface area contributed by atoms with Gasteiger partial charge in [-0.3, -0.25) is 10.1 Å². The molecule has 0 bridgehead atoms. The third-order valence-corrected chi connectivity index (χ3v) is 3.06. The second kappa shape index (κ2) is 4.85. The largest absolute Gasteiger partial charge is 0.423 e. The van der Waals surface area contributed by atoms with Gasteiger partial charge >= 0.3 is 0 Å². The Balaban J connectivity index is 1.88. The zero-order valence-electron chi connectivity index (χ0n) is 11.3. The molecule has 0 aliphatic heterocycles. The molecule has 1 atom stereocenters. The van der Waals surface area contributed by atoms with Crippen molar-refractivity contribution in [2.75, 3.05) is 5.32 Å². The highest BCUT2D eigenvalue weighted by Crippen LogP contribution is 2.25. The number of non-ortho nitro benzene ring substituents is 1. The Hall–Kier alpha value is -2.97. The number of nitrogens with one attached hydrogen (secondary N) is 1. The zero-order valence-corrected chi connectivity index (χ0v) is 11.3. The number of nitrogens with zero attached hydrogens (tertiary/aromatic N) is 5. The second-order valence-electron chi connectivity index (χ2n) is 4.59. The van der Waals surface area contributed by atoms with Crippen LogP contribution in [0.25, 0.3) is 11.1 Å². The summed E-state index contributed by atoms with van der Waals surface area (Å²) in [6.07, 6.45) is 1.60. The maximum absolute atomic E-state index is 10.7. The van der Waals surface area contributed by atoms with Crippen LogP contribution in [0.5, 0.6) is 0 Å². The van der Waals surface area contributed by atoms with Crippen LogP contribution in [0, 0.1) is 10.1 Å². The Morgan fingerprint density at radius 1 is 1.48 bits per heavy atom. The quantitative estimate of drug-likeness (QED) is 0.577. The molecule has 9 heteroatoms. The van der Waals surface area contributed by atoms with Crippen molar-refractivity contribution < 1.29 is 9.34 Å². The third kappa shape index (κ3) is 2.40. The average Bonchev–Trinajstić information content (AvgIpc) is 3.02. The van der Waals surface area contributed by atoms with E-state index in [1.807, 2.05) is 14.0 Å². The van der Waals surface area contributed by atoms with Crippen molar-refractivity contribution >= 4 is 22.8 Å². The lowest BCUT2D eigenvalue weighted by Gasteiger charge is -2.10. The monoisotopic (exact) mass is 288 g/mol. The molecule has 1 unspecified atom stereocenters. The molecule has 9 nitrogen and oxygen atoms in total. The minimum absolute atomic E-state index is 0.0356. The molecule has 2 aromatic heterocycles. The van der Waals surface area contributed by atoms with Crippen LogP contribution in [0.4, 0.5) is 11.7 Å². The molecular weight excluding hydrogens is 276 g/mol. The molecule has 1 N–H and O–H groups in total. The fourth-order valence-electron chi connectivity index (χ4n) is 2.02. The second-order valence-corrected chi connectivity index (χ2v) is 4.59. The Kier molecular flexibility index (Phi) is 3.01. The van der Waals surface area contributed by atoms with Crippen molar-refractivity contribution in [1.29, 1.82) is 0 Å². The molecule has 21 heavy (non-hydrogen) atoms. The fraction of sp³-hybridized carbons (Fsp3) is 0.250. The smallest absolute Gasteiger partial charge is 0.296 e. The molecule has 0 saturated carbocycles. The fourth-order valence-corrected chi connectivity index (χ4v) is 2.02. The van der Waals surface area contributed by atoms with E-state index in [0.717, 1.165) is 5.82 Å². The summed E-state index contributed by atoms with van der Waals surface area (Å²) in [7, 11) is 1.84. The highest BCUT2D eigenvalue weighted by molar-refractivity contribution is 5.77. The Morgan fingerprint density at radius 3 is 2.95 bits per heavy atom. The molecule has 3 rings (SSSR count). The van der Waals surface area contributed by atoms with Gasteiger partial charge in [0.2, 0.25) is 0 Å². The number of benzene rings is 1. The molecule has 0 aliphatic rings. The number of hydrogen-bond acceptors (Lipinski definition) is 7. The first kappa shape index (κ1) is 13.0. The predicted molar refractivity (Wildman–Crippen MR) is 73.7 cm³/mol. The molecule has 3 aromatic rings. The highest BCUT2D eigenvalue weighted by Gasteiger charge is 2.16. The third-order valence-electron chi connectivity index (χ3n) is 3.06. The number of hydrogen-bond donors (Lipinski definition) is 1. The van der Waals surface area contributed by atoms with Gasteiger partial charge in [0.05, 0.1) is 17.0 Å². The van der Waals surface area contributed by atoms with Crippen LogP contribution in [0.2, 0.25) is 0 Å². The van der Waals surface area contributed by atoms with E-state index in [1.165, 1.54) is 12.1 Å². The van der Waals surface area contributed by atoms with E-state index in [-0.39, 0.29) is 17.7 Å². The Bertz CT molecular complexity index is 808. The van der Waals surface area contributed by atoms with Gasteiger partial charge in [0.25, 0.3) is 11.7 Å². The van der Waals surface area contributed by atoms with Gasteiger partial charge in [-0.2, -0.15) is 4.98 Å². The maximum Gasteiger partial charge on any atom is 0.296 e. The molecule has 0 fully saturated rings. The molecule has 0 radical (unpaired) electrons. The normalized spacial score (nSPS) is 12.5.